The van der Waals surface area contributed by atoms with E-state index in [1.54, 1.807) is 0 Å². The van der Waals surface area contributed by atoms with Gasteiger partial charge in [0.25, 0.3) is 0 Å². The van der Waals surface area contributed by atoms with Crippen LogP contribution in [0.1, 0.15) is 32.6 Å². The fourth-order valence-corrected chi connectivity index (χ4v) is 1.60. The first-order chi connectivity index (χ1) is 5.33. The lowest BCUT2D eigenvalue weighted by Crippen LogP contribution is -2.23. The Kier molecular flexibility index (Phi) is 3.87. The quantitative estimate of drug-likeness (QED) is 0.621. The minimum absolute atomic E-state index is 0.0448. The first-order valence-corrected chi connectivity index (χ1v) is 4.73. The molecule has 0 aliphatic carbocycles. The largest absolute Gasteiger partial charge is 0.392 e. The van der Waals surface area contributed by atoms with Crippen LogP contribution in [0.15, 0.2) is 0 Å². The van der Waals surface area contributed by atoms with Crippen molar-refractivity contribution in [3.8, 4) is 0 Å². The van der Waals surface area contributed by atoms with Crippen LogP contribution >= 0.6 is 0 Å². The maximum Gasteiger partial charge on any atom is 0.0679 e. The fraction of sp³-hybridized carbons (Fsp3) is 1.00. The van der Waals surface area contributed by atoms with Gasteiger partial charge in [-0.2, -0.15) is 0 Å². The van der Waals surface area contributed by atoms with E-state index in [1.165, 1.54) is 25.8 Å². The third kappa shape index (κ3) is 3.21. The Labute approximate surface area is 69.2 Å². The maximum atomic E-state index is 9.21. The normalized spacial score (nSPS) is 26.2. The van der Waals surface area contributed by atoms with Gasteiger partial charge in [-0.25, -0.2) is 0 Å². The van der Waals surface area contributed by atoms with Gasteiger partial charge in [0, 0.05) is 13.1 Å². The molecule has 1 N–H and O–H groups in total. The molecule has 0 amide bonds. The first-order valence-electron chi connectivity index (χ1n) is 4.73. The zero-order valence-corrected chi connectivity index (χ0v) is 7.42. The van der Waals surface area contributed by atoms with E-state index < -0.39 is 0 Å². The van der Waals surface area contributed by atoms with E-state index in [1.807, 2.05) is 0 Å². The van der Waals surface area contributed by atoms with Crippen LogP contribution in [0, 0.1) is 0 Å². The van der Waals surface area contributed by atoms with E-state index in [4.69, 9.17) is 0 Å². The molecule has 0 radical (unpaired) electrons. The minimum Gasteiger partial charge on any atom is -0.392 e. The summed E-state index contributed by atoms with van der Waals surface area (Å²) in [5, 5.41) is 9.21. The molecule has 1 aliphatic heterocycles. The number of nitrogens with zero attached hydrogens (tertiary/aromatic N) is 1. The Balaban J connectivity index is 1.99. The monoisotopic (exact) mass is 157 g/mol. The van der Waals surface area contributed by atoms with E-state index >= 15 is 0 Å². The molecule has 2 heteroatoms. The Bertz CT molecular complexity index is 106. The molecular formula is C9H19NO. The Hall–Kier alpha value is -0.0800. The van der Waals surface area contributed by atoms with Gasteiger partial charge >= 0.3 is 0 Å². The zero-order chi connectivity index (χ0) is 8.10. The Morgan fingerprint density at radius 2 is 2.27 bits per heavy atom. The minimum atomic E-state index is -0.0448. The lowest BCUT2D eigenvalue weighted by Gasteiger charge is -2.13. The molecule has 11 heavy (non-hydrogen) atoms. The molecule has 0 saturated carbocycles. The van der Waals surface area contributed by atoms with Crippen LogP contribution in [0.2, 0.25) is 0 Å². The van der Waals surface area contributed by atoms with E-state index in [9.17, 15) is 5.11 Å². The van der Waals surface area contributed by atoms with Crippen molar-refractivity contribution in [1.82, 2.24) is 4.90 Å². The number of β-amino-alcohol motifs (C(OH)–C–C–N with tert-alkyl or cyclic N) is 1. The molecule has 0 spiro atoms. The third-order valence-electron chi connectivity index (χ3n) is 2.33. The molecule has 66 valence electrons. The van der Waals surface area contributed by atoms with Gasteiger partial charge in [0.2, 0.25) is 0 Å². The number of rotatable bonds is 4. The molecule has 0 aromatic carbocycles. The fourth-order valence-electron chi connectivity index (χ4n) is 1.60. The predicted octanol–water partition coefficient (Wildman–Crippen LogP) is 1.24. The van der Waals surface area contributed by atoms with Crippen molar-refractivity contribution in [3.63, 3.8) is 0 Å². The summed E-state index contributed by atoms with van der Waals surface area (Å²) in [6.07, 6.45) is 4.84. The maximum absolute atomic E-state index is 9.21. The second-order valence-corrected chi connectivity index (χ2v) is 3.45. The molecule has 0 unspecified atom stereocenters. The van der Waals surface area contributed by atoms with Gasteiger partial charge in [0.05, 0.1) is 6.10 Å². The summed E-state index contributed by atoms with van der Waals surface area (Å²) in [5.41, 5.74) is 0. The number of hydrogen-bond acceptors (Lipinski definition) is 2. The molecule has 2 nitrogen and oxygen atoms in total. The molecule has 1 aliphatic rings. The highest BCUT2D eigenvalue weighted by atomic mass is 16.3. The van der Waals surface area contributed by atoms with Crippen LogP contribution < -0.4 is 0 Å². The molecule has 1 fully saturated rings. The van der Waals surface area contributed by atoms with Gasteiger partial charge in [-0.3, -0.25) is 0 Å². The van der Waals surface area contributed by atoms with Crippen molar-refractivity contribution in [3.05, 3.63) is 0 Å². The number of likely N-dealkylation sites (tertiary alicyclic amines) is 1. The van der Waals surface area contributed by atoms with Crippen molar-refractivity contribution >= 4 is 0 Å². The third-order valence-corrected chi connectivity index (χ3v) is 2.33. The summed E-state index contributed by atoms with van der Waals surface area (Å²) >= 11 is 0. The van der Waals surface area contributed by atoms with Gasteiger partial charge in [0.15, 0.2) is 0 Å². The second kappa shape index (κ2) is 4.73. The number of unbranched alkanes of at least 4 members (excludes halogenated alkanes) is 2. The van der Waals surface area contributed by atoms with Crippen LogP contribution in [0.5, 0.6) is 0 Å². The zero-order valence-electron chi connectivity index (χ0n) is 7.42. The van der Waals surface area contributed by atoms with E-state index in [-0.39, 0.29) is 6.10 Å². The number of aliphatic hydroxyl groups excluding tert-OH is 1. The summed E-state index contributed by atoms with van der Waals surface area (Å²) in [6.45, 7) is 5.42. The molecule has 1 atom stereocenters. The first kappa shape index (κ1) is 9.01. The van der Waals surface area contributed by atoms with Crippen LogP contribution in [0.25, 0.3) is 0 Å². The highest BCUT2D eigenvalue weighted by Crippen LogP contribution is 2.09. The standard InChI is InChI=1S/C9H19NO/c1-2-3-4-6-10-7-5-9(11)8-10/h9,11H,2-8H2,1H3/t9-/m0/s1. The molecule has 1 saturated heterocycles. The summed E-state index contributed by atoms with van der Waals surface area (Å²) in [6, 6.07) is 0. The molecule has 0 aromatic heterocycles. The molecule has 1 rings (SSSR count). The van der Waals surface area contributed by atoms with Crippen LogP contribution in [-0.4, -0.2) is 35.7 Å². The number of hydrogen-bond donors (Lipinski definition) is 1. The summed E-state index contributed by atoms with van der Waals surface area (Å²) in [5.74, 6) is 0. The topological polar surface area (TPSA) is 23.5 Å². The summed E-state index contributed by atoms with van der Waals surface area (Å²) in [7, 11) is 0. The Morgan fingerprint density at radius 3 is 2.82 bits per heavy atom. The Morgan fingerprint density at radius 1 is 1.45 bits per heavy atom. The van der Waals surface area contributed by atoms with Crippen molar-refractivity contribution < 1.29 is 5.11 Å². The molecule has 0 bridgehead atoms. The SMILES string of the molecule is CCCCCN1CC[C@H](O)C1. The smallest absolute Gasteiger partial charge is 0.0679 e. The summed E-state index contributed by atoms with van der Waals surface area (Å²) in [4.78, 5) is 2.36. The highest BCUT2D eigenvalue weighted by Gasteiger charge is 2.18. The van der Waals surface area contributed by atoms with Gasteiger partial charge < -0.3 is 10.0 Å². The van der Waals surface area contributed by atoms with Crippen LogP contribution in [-0.2, 0) is 0 Å². The van der Waals surface area contributed by atoms with Crippen molar-refractivity contribution in [2.75, 3.05) is 19.6 Å². The van der Waals surface area contributed by atoms with E-state index in [0.717, 1.165) is 19.5 Å². The van der Waals surface area contributed by atoms with Gasteiger partial charge in [-0.1, -0.05) is 19.8 Å². The van der Waals surface area contributed by atoms with E-state index in [2.05, 4.69) is 11.8 Å². The van der Waals surface area contributed by atoms with Crippen LogP contribution in [0.3, 0.4) is 0 Å². The van der Waals surface area contributed by atoms with Gasteiger partial charge in [-0.05, 0) is 19.4 Å². The highest BCUT2D eigenvalue weighted by molar-refractivity contribution is 4.73. The predicted molar refractivity (Wildman–Crippen MR) is 46.6 cm³/mol. The number of aliphatic hydroxyl groups is 1. The molecule has 1 heterocycles. The van der Waals surface area contributed by atoms with Crippen molar-refractivity contribution in [2.45, 2.75) is 38.7 Å². The lowest BCUT2D eigenvalue weighted by atomic mass is 10.2. The second-order valence-electron chi connectivity index (χ2n) is 3.45. The van der Waals surface area contributed by atoms with Gasteiger partial charge in [0.1, 0.15) is 0 Å². The van der Waals surface area contributed by atoms with Crippen molar-refractivity contribution in [2.24, 2.45) is 0 Å². The van der Waals surface area contributed by atoms with Crippen LogP contribution in [0.4, 0.5) is 0 Å². The average molecular weight is 157 g/mol. The van der Waals surface area contributed by atoms with Crippen molar-refractivity contribution in [1.29, 1.82) is 0 Å². The summed E-state index contributed by atoms with van der Waals surface area (Å²) < 4.78 is 0. The molecular weight excluding hydrogens is 138 g/mol. The lowest BCUT2D eigenvalue weighted by molar-refractivity contribution is 0.176. The van der Waals surface area contributed by atoms with Gasteiger partial charge in [-0.15, -0.1) is 0 Å². The molecule has 0 aromatic rings. The van der Waals surface area contributed by atoms with E-state index in [0.29, 0.717) is 0 Å². The average Bonchev–Trinajstić information content (AvgIpc) is 2.37.